The normalized spacial score (nSPS) is 16.8. The maximum absolute atomic E-state index is 9.29. The summed E-state index contributed by atoms with van der Waals surface area (Å²) < 4.78 is 0. The van der Waals surface area contributed by atoms with E-state index in [0.717, 1.165) is 12.3 Å². The van der Waals surface area contributed by atoms with E-state index in [9.17, 15) is 5.11 Å². The monoisotopic (exact) mass is 261 g/mol. The lowest BCUT2D eigenvalue weighted by Crippen LogP contribution is -2.35. The Balaban J connectivity index is 1.80. The molecule has 0 heterocycles. The number of rotatable bonds is 8. The summed E-state index contributed by atoms with van der Waals surface area (Å²) in [7, 11) is 0. The van der Waals surface area contributed by atoms with Gasteiger partial charge in [-0.2, -0.15) is 0 Å². The zero-order chi connectivity index (χ0) is 13.7. The van der Waals surface area contributed by atoms with Crippen molar-refractivity contribution < 1.29 is 5.11 Å². The molecule has 1 aromatic carbocycles. The fourth-order valence-corrected chi connectivity index (χ4v) is 2.63. The lowest BCUT2D eigenvalue weighted by Gasteiger charge is -2.29. The number of nitrogens with zero attached hydrogens (tertiary/aromatic N) is 1. The predicted octanol–water partition coefficient (Wildman–Crippen LogP) is 3.84. The van der Waals surface area contributed by atoms with Gasteiger partial charge in [-0.15, -0.1) is 0 Å². The molecule has 0 amide bonds. The minimum atomic E-state index is 0.359. The number of benzene rings is 1. The Morgan fingerprint density at radius 3 is 2.53 bits per heavy atom. The highest BCUT2D eigenvalue weighted by molar-refractivity contribution is 5.25. The molecule has 0 bridgehead atoms. The smallest absolute Gasteiger partial charge is 0.115 e. The van der Waals surface area contributed by atoms with Crippen LogP contribution in [0, 0.1) is 5.92 Å². The first-order valence-corrected chi connectivity index (χ1v) is 7.71. The van der Waals surface area contributed by atoms with Crippen LogP contribution in [0.3, 0.4) is 0 Å². The molecule has 1 aliphatic rings. The number of phenols is 1. The van der Waals surface area contributed by atoms with Gasteiger partial charge in [0.2, 0.25) is 0 Å². The first-order valence-electron chi connectivity index (χ1n) is 7.71. The molecule has 1 atom stereocenters. The van der Waals surface area contributed by atoms with Gasteiger partial charge >= 0.3 is 0 Å². The summed E-state index contributed by atoms with van der Waals surface area (Å²) in [5, 5.41) is 9.29. The molecule has 1 aliphatic carbocycles. The van der Waals surface area contributed by atoms with Crippen molar-refractivity contribution in [2.24, 2.45) is 5.92 Å². The van der Waals surface area contributed by atoms with Crippen molar-refractivity contribution in [3.63, 3.8) is 0 Å². The van der Waals surface area contributed by atoms with Crippen LogP contribution in [0.5, 0.6) is 5.75 Å². The van der Waals surface area contributed by atoms with Crippen molar-refractivity contribution in [3.8, 4) is 5.75 Å². The van der Waals surface area contributed by atoms with Crippen LogP contribution in [0.15, 0.2) is 24.3 Å². The van der Waals surface area contributed by atoms with Gasteiger partial charge in [0.1, 0.15) is 5.75 Å². The van der Waals surface area contributed by atoms with E-state index in [-0.39, 0.29) is 0 Å². The van der Waals surface area contributed by atoms with Gasteiger partial charge in [-0.3, -0.25) is 0 Å². The molecule has 0 aromatic heterocycles. The van der Waals surface area contributed by atoms with Crippen LogP contribution in [0.25, 0.3) is 0 Å². The second-order valence-corrected chi connectivity index (χ2v) is 5.99. The van der Waals surface area contributed by atoms with Crippen LogP contribution < -0.4 is 0 Å². The molecule has 1 N–H and O–H groups in total. The van der Waals surface area contributed by atoms with Gasteiger partial charge in [-0.25, -0.2) is 0 Å². The second kappa shape index (κ2) is 6.95. The van der Waals surface area contributed by atoms with Gasteiger partial charge < -0.3 is 10.0 Å². The minimum Gasteiger partial charge on any atom is -0.508 e. The minimum absolute atomic E-state index is 0.359. The molecule has 19 heavy (non-hydrogen) atoms. The van der Waals surface area contributed by atoms with Gasteiger partial charge in [0.25, 0.3) is 0 Å². The van der Waals surface area contributed by atoms with E-state index in [0.29, 0.717) is 11.8 Å². The van der Waals surface area contributed by atoms with Crippen molar-refractivity contribution >= 4 is 0 Å². The van der Waals surface area contributed by atoms with Crippen molar-refractivity contribution in [2.45, 2.75) is 52.0 Å². The van der Waals surface area contributed by atoms with Crippen molar-refractivity contribution in [2.75, 3.05) is 13.1 Å². The van der Waals surface area contributed by atoms with E-state index in [2.05, 4.69) is 18.7 Å². The third kappa shape index (κ3) is 4.87. The van der Waals surface area contributed by atoms with Crippen LogP contribution in [-0.4, -0.2) is 29.1 Å². The topological polar surface area (TPSA) is 23.5 Å². The van der Waals surface area contributed by atoms with Crippen LogP contribution >= 0.6 is 0 Å². The van der Waals surface area contributed by atoms with E-state index < -0.39 is 0 Å². The van der Waals surface area contributed by atoms with Crippen LogP contribution in [0.2, 0.25) is 0 Å². The molecule has 0 aliphatic heterocycles. The highest BCUT2D eigenvalue weighted by Gasteiger charge is 2.25. The quantitative estimate of drug-likeness (QED) is 0.768. The Labute approximate surface area is 117 Å². The Kier molecular flexibility index (Phi) is 5.26. The number of aryl methyl sites for hydroxylation is 1. The third-order valence-electron chi connectivity index (χ3n) is 4.11. The van der Waals surface area contributed by atoms with Gasteiger partial charge in [0, 0.05) is 12.6 Å². The second-order valence-electron chi connectivity index (χ2n) is 5.99. The molecule has 1 aromatic rings. The zero-order valence-corrected chi connectivity index (χ0v) is 12.3. The highest BCUT2D eigenvalue weighted by atomic mass is 16.3. The SMILES string of the molecule is CCCN(CC1CC1)[C@H](C)CCc1ccc(O)cc1. The summed E-state index contributed by atoms with van der Waals surface area (Å²) in [6.45, 7) is 7.16. The van der Waals surface area contributed by atoms with Crippen molar-refractivity contribution in [3.05, 3.63) is 29.8 Å². The molecular weight excluding hydrogens is 234 g/mol. The Bertz CT molecular complexity index is 369. The first kappa shape index (κ1) is 14.4. The Hall–Kier alpha value is -1.02. The molecule has 0 spiro atoms. The lowest BCUT2D eigenvalue weighted by atomic mass is 10.0. The van der Waals surface area contributed by atoms with Crippen LogP contribution in [0.1, 0.15) is 45.1 Å². The molecule has 2 heteroatoms. The van der Waals surface area contributed by atoms with Gasteiger partial charge in [-0.05, 0) is 69.2 Å². The fourth-order valence-electron chi connectivity index (χ4n) is 2.63. The van der Waals surface area contributed by atoms with Gasteiger partial charge in [0.15, 0.2) is 0 Å². The fraction of sp³-hybridized carbons (Fsp3) is 0.647. The Morgan fingerprint density at radius 2 is 1.95 bits per heavy atom. The molecular formula is C17H27NO. The third-order valence-corrected chi connectivity index (χ3v) is 4.11. The maximum atomic E-state index is 9.29. The van der Waals surface area contributed by atoms with E-state index in [4.69, 9.17) is 0 Å². The number of aromatic hydroxyl groups is 1. The Morgan fingerprint density at radius 1 is 1.26 bits per heavy atom. The summed E-state index contributed by atoms with van der Waals surface area (Å²) in [5.74, 6) is 1.33. The van der Waals surface area contributed by atoms with E-state index >= 15 is 0 Å². The lowest BCUT2D eigenvalue weighted by molar-refractivity contribution is 0.191. The van der Waals surface area contributed by atoms with E-state index in [1.165, 1.54) is 44.3 Å². The van der Waals surface area contributed by atoms with Crippen molar-refractivity contribution in [1.82, 2.24) is 4.90 Å². The van der Waals surface area contributed by atoms with Crippen LogP contribution in [0.4, 0.5) is 0 Å². The molecule has 0 unspecified atom stereocenters. The standard InChI is InChI=1S/C17H27NO/c1-3-12-18(13-16-6-7-16)14(2)4-5-15-8-10-17(19)11-9-15/h8-11,14,16,19H,3-7,12-13H2,1-2H3/t14-/m1/s1. The van der Waals surface area contributed by atoms with Crippen LogP contribution in [-0.2, 0) is 6.42 Å². The van der Waals surface area contributed by atoms with Gasteiger partial charge in [-0.1, -0.05) is 19.1 Å². The van der Waals surface area contributed by atoms with Crippen molar-refractivity contribution in [1.29, 1.82) is 0 Å². The molecule has 2 rings (SSSR count). The number of hydrogen-bond donors (Lipinski definition) is 1. The summed E-state index contributed by atoms with van der Waals surface area (Å²) in [6.07, 6.45) is 6.43. The molecule has 2 nitrogen and oxygen atoms in total. The molecule has 0 saturated heterocycles. The molecule has 1 saturated carbocycles. The molecule has 106 valence electrons. The summed E-state index contributed by atoms with van der Waals surface area (Å²) in [5.41, 5.74) is 1.33. The summed E-state index contributed by atoms with van der Waals surface area (Å²) in [4.78, 5) is 2.66. The largest absolute Gasteiger partial charge is 0.508 e. The summed E-state index contributed by atoms with van der Waals surface area (Å²) in [6, 6.07) is 8.30. The predicted molar refractivity (Wildman–Crippen MR) is 80.5 cm³/mol. The maximum Gasteiger partial charge on any atom is 0.115 e. The average Bonchev–Trinajstić information content (AvgIpc) is 3.21. The molecule has 0 radical (unpaired) electrons. The highest BCUT2D eigenvalue weighted by Crippen LogP contribution is 2.30. The zero-order valence-electron chi connectivity index (χ0n) is 12.3. The number of phenolic OH excluding ortho intramolecular Hbond substituents is 1. The average molecular weight is 261 g/mol. The number of hydrogen-bond acceptors (Lipinski definition) is 2. The first-order chi connectivity index (χ1) is 9.19. The summed E-state index contributed by atoms with van der Waals surface area (Å²) >= 11 is 0. The molecule has 1 fully saturated rings. The van der Waals surface area contributed by atoms with Gasteiger partial charge in [0.05, 0.1) is 0 Å². The van der Waals surface area contributed by atoms with E-state index in [1.807, 2.05) is 12.1 Å². The van der Waals surface area contributed by atoms with E-state index in [1.54, 1.807) is 12.1 Å².